The summed E-state index contributed by atoms with van der Waals surface area (Å²) < 4.78 is 16.7. The van der Waals surface area contributed by atoms with Crippen LogP contribution in [0.5, 0.6) is 0 Å². The van der Waals surface area contributed by atoms with Gasteiger partial charge in [0, 0.05) is 28.7 Å². The molecule has 1 amide bonds. The first-order valence-electron chi connectivity index (χ1n) is 7.57. The summed E-state index contributed by atoms with van der Waals surface area (Å²) in [5.74, 6) is -0.336. The standard InChI is InChI=1S/C17H16FIN4O2/c1-23-15-11(3-2-6-20-15)14(17(25)21-7-8-24)16(23)22-13-5-4-10(19)9-12(13)18/h2-6,9,22,24H,7-8H2,1H3,(H,21,25). The first-order chi connectivity index (χ1) is 12.0. The average Bonchev–Trinajstić information content (AvgIpc) is 2.88. The molecule has 0 bridgehead atoms. The van der Waals surface area contributed by atoms with Gasteiger partial charge in [0.1, 0.15) is 17.3 Å². The molecule has 8 heteroatoms. The molecule has 25 heavy (non-hydrogen) atoms. The highest BCUT2D eigenvalue weighted by Gasteiger charge is 2.22. The fourth-order valence-electron chi connectivity index (χ4n) is 2.61. The topological polar surface area (TPSA) is 79.2 Å². The van der Waals surface area contributed by atoms with Gasteiger partial charge in [-0.2, -0.15) is 0 Å². The SMILES string of the molecule is Cn1c(Nc2ccc(I)cc2F)c(C(=O)NCCO)c2cccnc21. The number of aryl methyl sites for hydroxylation is 1. The summed E-state index contributed by atoms with van der Waals surface area (Å²) in [5.41, 5.74) is 1.23. The number of anilines is 2. The number of aliphatic hydroxyl groups excluding tert-OH is 1. The molecule has 0 aliphatic heterocycles. The molecular formula is C17H16FIN4O2. The van der Waals surface area contributed by atoms with E-state index < -0.39 is 5.82 Å². The molecule has 2 heterocycles. The van der Waals surface area contributed by atoms with Crippen LogP contribution in [0.25, 0.3) is 11.0 Å². The van der Waals surface area contributed by atoms with Crippen LogP contribution in [0.1, 0.15) is 10.4 Å². The van der Waals surface area contributed by atoms with Gasteiger partial charge in [0.15, 0.2) is 0 Å². The van der Waals surface area contributed by atoms with E-state index in [1.807, 2.05) is 22.6 Å². The van der Waals surface area contributed by atoms with Gasteiger partial charge in [0.2, 0.25) is 0 Å². The zero-order chi connectivity index (χ0) is 18.0. The number of amides is 1. The molecule has 0 atom stereocenters. The molecule has 0 aliphatic rings. The Morgan fingerprint density at radius 2 is 2.20 bits per heavy atom. The summed E-state index contributed by atoms with van der Waals surface area (Å²) in [6, 6.07) is 8.33. The molecule has 0 spiro atoms. The maximum atomic E-state index is 14.2. The lowest BCUT2D eigenvalue weighted by molar-refractivity contribution is 0.0947. The molecule has 0 fully saturated rings. The van der Waals surface area contributed by atoms with Crippen molar-refractivity contribution in [3.05, 3.63) is 51.5 Å². The van der Waals surface area contributed by atoms with E-state index in [1.54, 1.807) is 42.1 Å². The van der Waals surface area contributed by atoms with Crippen LogP contribution in [0.3, 0.4) is 0 Å². The number of pyridine rings is 1. The Morgan fingerprint density at radius 1 is 1.40 bits per heavy atom. The zero-order valence-corrected chi connectivity index (χ0v) is 15.5. The van der Waals surface area contributed by atoms with Gasteiger partial charge < -0.3 is 20.3 Å². The minimum absolute atomic E-state index is 0.132. The molecule has 3 aromatic rings. The summed E-state index contributed by atoms with van der Waals surface area (Å²) in [6.07, 6.45) is 1.63. The molecule has 0 aliphatic carbocycles. The number of fused-ring (bicyclic) bond motifs is 1. The van der Waals surface area contributed by atoms with Crippen LogP contribution in [0.2, 0.25) is 0 Å². The highest BCUT2D eigenvalue weighted by Crippen LogP contribution is 2.31. The largest absolute Gasteiger partial charge is 0.395 e. The highest BCUT2D eigenvalue weighted by atomic mass is 127. The maximum absolute atomic E-state index is 14.2. The first-order valence-corrected chi connectivity index (χ1v) is 8.65. The van der Waals surface area contributed by atoms with Crippen LogP contribution in [-0.4, -0.2) is 33.7 Å². The molecule has 3 N–H and O–H groups in total. The van der Waals surface area contributed by atoms with Crippen molar-refractivity contribution in [3.8, 4) is 0 Å². The number of hydrogen-bond donors (Lipinski definition) is 3. The third-order valence-corrected chi connectivity index (χ3v) is 4.43. The number of aromatic nitrogens is 2. The van der Waals surface area contributed by atoms with Gasteiger partial charge in [-0.05, 0) is 52.9 Å². The second-order valence-corrected chi connectivity index (χ2v) is 6.63. The van der Waals surface area contributed by atoms with Crippen molar-refractivity contribution in [1.29, 1.82) is 0 Å². The molecule has 0 saturated heterocycles. The van der Waals surface area contributed by atoms with Crippen molar-refractivity contribution in [1.82, 2.24) is 14.9 Å². The Labute approximate surface area is 157 Å². The quantitative estimate of drug-likeness (QED) is 0.519. The van der Waals surface area contributed by atoms with E-state index >= 15 is 0 Å². The third kappa shape index (κ3) is 3.45. The van der Waals surface area contributed by atoms with Gasteiger partial charge in [-0.25, -0.2) is 9.37 Å². The Bertz CT molecular complexity index is 942. The van der Waals surface area contributed by atoms with Gasteiger partial charge in [-0.1, -0.05) is 0 Å². The van der Waals surface area contributed by atoms with Gasteiger partial charge in [0.05, 0.1) is 17.9 Å². The van der Waals surface area contributed by atoms with Crippen molar-refractivity contribution < 1.29 is 14.3 Å². The van der Waals surface area contributed by atoms with E-state index in [0.29, 0.717) is 22.4 Å². The molecule has 3 rings (SSSR count). The maximum Gasteiger partial charge on any atom is 0.255 e. The van der Waals surface area contributed by atoms with Gasteiger partial charge in [-0.3, -0.25) is 4.79 Å². The number of nitrogens with zero attached hydrogens (tertiary/aromatic N) is 2. The van der Waals surface area contributed by atoms with Crippen molar-refractivity contribution in [2.24, 2.45) is 7.05 Å². The lowest BCUT2D eigenvalue weighted by Crippen LogP contribution is -2.27. The van der Waals surface area contributed by atoms with Crippen LogP contribution in [-0.2, 0) is 7.05 Å². The fraction of sp³-hybridized carbons (Fsp3) is 0.176. The number of nitrogens with one attached hydrogen (secondary N) is 2. The van der Waals surface area contributed by atoms with Crippen molar-refractivity contribution in [3.63, 3.8) is 0 Å². The number of aliphatic hydroxyl groups is 1. The third-order valence-electron chi connectivity index (χ3n) is 3.75. The first kappa shape index (κ1) is 17.6. The van der Waals surface area contributed by atoms with E-state index in [9.17, 15) is 9.18 Å². The monoisotopic (exact) mass is 454 g/mol. The Kier molecular flexibility index (Phi) is 5.19. The minimum atomic E-state index is -0.410. The Balaban J connectivity index is 2.12. The van der Waals surface area contributed by atoms with Crippen LogP contribution >= 0.6 is 22.6 Å². The van der Waals surface area contributed by atoms with Crippen molar-refractivity contribution in [2.75, 3.05) is 18.5 Å². The summed E-state index contributed by atoms with van der Waals surface area (Å²) in [6.45, 7) is -0.0317. The lowest BCUT2D eigenvalue weighted by atomic mass is 10.2. The minimum Gasteiger partial charge on any atom is -0.395 e. The summed E-state index contributed by atoms with van der Waals surface area (Å²) in [4.78, 5) is 16.9. The van der Waals surface area contributed by atoms with E-state index in [-0.39, 0.29) is 24.7 Å². The van der Waals surface area contributed by atoms with Crippen LogP contribution in [0, 0.1) is 9.39 Å². The predicted molar refractivity (Wildman–Crippen MR) is 103 cm³/mol. The molecule has 0 saturated carbocycles. The molecule has 130 valence electrons. The van der Waals surface area contributed by atoms with Gasteiger partial charge in [0.25, 0.3) is 5.91 Å². The second kappa shape index (κ2) is 7.36. The number of carbonyl (C=O) groups excluding carboxylic acids is 1. The lowest BCUT2D eigenvalue weighted by Gasteiger charge is -2.12. The number of rotatable bonds is 5. The molecule has 6 nitrogen and oxygen atoms in total. The molecule has 0 unspecified atom stereocenters. The Hall–Kier alpha value is -2.20. The van der Waals surface area contributed by atoms with Crippen LogP contribution < -0.4 is 10.6 Å². The number of benzene rings is 1. The number of halogens is 2. The van der Waals surface area contributed by atoms with E-state index in [2.05, 4.69) is 15.6 Å². The van der Waals surface area contributed by atoms with Crippen LogP contribution in [0.4, 0.5) is 15.9 Å². The summed E-state index contributed by atoms with van der Waals surface area (Å²) in [5, 5.41) is 15.2. The zero-order valence-electron chi connectivity index (χ0n) is 13.4. The van der Waals surface area contributed by atoms with E-state index in [4.69, 9.17) is 5.11 Å². The van der Waals surface area contributed by atoms with Gasteiger partial charge >= 0.3 is 0 Å². The fourth-order valence-corrected chi connectivity index (χ4v) is 3.07. The normalized spacial score (nSPS) is 10.9. The summed E-state index contributed by atoms with van der Waals surface area (Å²) >= 11 is 2.03. The number of carbonyl (C=O) groups is 1. The molecular weight excluding hydrogens is 438 g/mol. The van der Waals surface area contributed by atoms with E-state index in [0.717, 1.165) is 3.57 Å². The Morgan fingerprint density at radius 3 is 2.92 bits per heavy atom. The van der Waals surface area contributed by atoms with Crippen LogP contribution in [0.15, 0.2) is 36.5 Å². The molecule has 0 radical (unpaired) electrons. The van der Waals surface area contributed by atoms with E-state index in [1.165, 1.54) is 6.07 Å². The summed E-state index contributed by atoms with van der Waals surface area (Å²) in [7, 11) is 1.76. The number of hydrogen-bond acceptors (Lipinski definition) is 4. The van der Waals surface area contributed by atoms with Crippen molar-refractivity contribution in [2.45, 2.75) is 0 Å². The smallest absolute Gasteiger partial charge is 0.255 e. The average molecular weight is 454 g/mol. The van der Waals surface area contributed by atoms with Crippen molar-refractivity contribution >= 4 is 51.0 Å². The second-order valence-electron chi connectivity index (χ2n) is 5.39. The molecule has 1 aromatic carbocycles. The van der Waals surface area contributed by atoms with Gasteiger partial charge in [-0.15, -0.1) is 0 Å². The molecule has 2 aromatic heterocycles. The highest BCUT2D eigenvalue weighted by molar-refractivity contribution is 14.1. The predicted octanol–water partition coefficient (Wildman–Crippen LogP) is 2.78.